The minimum Gasteiger partial charge on any atom is -0.328 e. The van der Waals surface area contributed by atoms with Crippen LogP contribution in [0.1, 0.15) is 53.8 Å². The monoisotopic (exact) mass is 399 g/mol. The molecule has 2 unspecified atom stereocenters. The van der Waals surface area contributed by atoms with Crippen molar-refractivity contribution in [2.75, 3.05) is 6.54 Å². The standard InChI is InChI=1S/C20H21N3O6/c1-11-7-12(2)9-20(8-11)18(27)22(19(28)21-20)10-15(24)29-23-16(25)13-5-3-4-6-14(13)17(23)26/h3-6,11-12H,7-10H2,1-2H3,(H,21,28). The zero-order chi connectivity index (χ0) is 20.9. The van der Waals surface area contributed by atoms with Crippen LogP contribution in [0.5, 0.6) is 0 Å². The molecule has 1 aromatic carbocycles. The van der Waals surface area contributed by atoms with Crippen LogP contribution in [0.25, 0.3) is 0 Å². The second-order valence-corrected chi connectivity index (χ2v) is 8.17. The highest BCUT2D eigenvalue weighted by Gasteiger charge is 2.54. The summed E-state index contributed by atoms with van der Waals surface area (Å²) in [6, 6.07) is 5.42. The van der Waals surface area contributed by atoms with Gasteiger partial charge in [0, 0.05) is 0 Å². The molecule has 0 aromatic heterocycles. The lowest BCUT2D eigenvalue weighted by atomic mass is 9.71. The maximum atomic E-state index is 13.0. The predicted molar refractivity (Wildman–Crippen MR) is 98.2 cm³/mol. The predicted octanol–water partition coefficient (Wildman–Crippen LogP) is 1.49. The summed E-state index contributed by atoms with van der Waals surface area (Å²) in [5, 5.41) is 3.11. The van der Waals surface area contributed by atoms with Gasteiger partial charge in [-0.2, -0.15) is 0 Å². The van der Waals surface area contributed by atoms with Crippen molar-refractivity contribution in [2.24, 2.45) is 11.8 Å². The van der Waals surface area contributed by atoms with E-state index >= 15 is 0 Å². The second kappa shape index (κ2) is 6.68. The number of amides is 5. The van der Waals surface area contributed by atoms with Crippen molar-refractivity contribution in [3.63, 3.8) is 0 Å². The van der Waals surface area contributed by atoms with E-state index in [-0.39, 0.29) is 23.0 Å². The molecule has 152 valence electrons. The van der Waals surface area contributed by atoms with E-state index in [4.69, 9.17) is 4.84 Å². The average molecular weight is 399 g/mol. The molecule has 1 saturated carbocycles. The van der Waals surface area contributed by atoms with Gasteiger partial charge in [0.2, 0.25) is 0 Å². The molecule has 2 fully saturated rings. The van der Waals surface area contributed by atoms with Crippen molar-refractivity contribution < 1.29 is 28.8 Å². The number of hydrogen-bond donors (Lipinski definition) is 1. The smallest absolute Gasteiger partial charge is 0.328 e. The molecular formula is C20H21N3O6. The lowest BCUT2D eigenvalue weighted by Gasteiger charge is -2.37. The fourth-order valence-corrected chi connectivity index (χ4v) is 4.73. The number of carbonyl (C=O) groups is 5. The van der Waals surface area contributed by atoms with Gasteiger partial charge in [-0.1, -0.05) is 31.0 Å². The summed E-state index contributed by atoms with van der Waals surface area (Å²) in [6.45, 7) is 3.37. The third kappa shape index (κ3) is 3.06. The molecule has 2 atom stereocenters. The van der Waals surface area contributed by atoms with E-state index in [0.29, 0.717) is 17.9 Å². The molecule has 4 rings (SSSR count). The van der Waals surface area contributed by atoms with Gasteiger partial charge in [-0.15, -0.1) is 0 Å². The SMILES string of the molecule is CC1CC(C)CC2(C1)NC(=O)N(CC(=O)ON1C(=O)c3ccccc3C1=O)C2=O. The van der Waals surface area contributed by atoms with E-state index in [9.17, 15) is 24.0 Å². The van der Waals surface area contributed by atoms with E-state index in [1.807, 2.05) is 13.8 Å². The van der Waals surface area contributed by atoms with Crippen molar-refractivity contribution in [3.8, 4) is 0 Å². The van der Waals surface area contributed by atoms with E-state index in [0.717, 1.165) is 11.3 Å². The molecule has 1 saturated heterocycles. The molecule has 1 aromatic rings. The van der Waals surface area contributed by atoms with Crippen LogP contribution in [-0.2, 0) is 14.4 Å². The first kappa shape index (κ1) is 19.1. The molecule has 9 heteroatoms. The number of hydrogen-bond acceptors (Lipinski definition) is 6. The van der Waals surface area contributed by atoms with Gasteiger partial charge in [0.15, 0.2) is 0 Å². The van der Waals surface area contributed by atoms with E-state index in [1.165, 1.54) is 12.1 Å². The lowest BCUT2D eigenvalue weighted by molar-refractivity contribution is -0.170. The maximum absolute atomic E-state index is 13.0. The van der Waals surface area contributed by atoms with Crippen LogP contribution in [0.3, 0.4) is 0 Å². The summed E-state index contributed by atoms with van der Waals surface area (Å²) in [4.78, 5) is 68.0. The van der Waals surface area contributed by atoms with Gasteiger partial charge in [0.25, 0.3) is 17.7 Å². The van der Waals surface area contributed by atoms with Gasteiger partial charge in [0.1, 0.15) is 12.1 Å². The molecule has 3 aliphatic rings. The summed E-state index contributed by atoms with van der Waals surface area (Å²) in [5.41, 5.74) is -0.752. The zero-order valence-corrected chi connectivity index (χ0v) is 16.1. The van der Waals surface area contributed by atoms with Crippen LogP contribution in [0, 0.1) is 11.8 Å². The fourth-order valence-electron chi connectivity index (χ4n) is 4.73. The van der Waals surface area contributed by atoms with Crippen LogP contribution < -0.4 is 5.32 Å². The molecule has 2 heterocycles. The number of urea groups is 1. The van der Waals surface area contributed by atoms with E-state index < -0.39 is 41.8 Å². The number of rotatable bonds is 3. The van der Waals surface area contributed by atoms with Gasteiger partial charge >= 0.3 is 12.0 Å². The highest BCUT2D eigenvalue weighted by molar-refractivity contribution is 6.21. The Hall–Kier alpha value is -3.23. The van der Waals surface area contributed by atoms with Crippen molar-refractivity contribution in [2.45, 2.75) is 38.6 Å². The number of nitrogens with zero attached hydrogens (tertiary/aromatic N) is 2. The third-order valence-electron chi connectivity index (χ3n) is 5.68. The number of hydroxylamine groups is 2. The quantitative estimate of drug-likeness (QED) is 0.609. The van der Waals surface area contributed by atoms with Gasteiger partial charge in [-0.25, -0.2) is 9.59 Å². The lowest BCUT2D eigenvalue weighted by Crippen LogP contribution is -2.52. The van der Waals surface area contributed by atoms with Crippen LogP contribution in [0.2, 0.25) is 0 Å². The number of benzene rings is 1. The minimum absolute atomic E-state index is 0.129. The Bertz CT molecular complexity index is 897. The number of nitrogens with one attached hydrogen (secondary N) is 1. The van der Waals surface area contributed by atoms with Crippen molar-refractivity contribution in [3.05, 3.63) is 35.4 Å². The van der Waals surface area contributed by atoms with Crippen molar-refractivity contribution >= 4 is 29.7 Å². The molecule has 2 aliphatic heterocycles. The first-order valence-electron chi connectivity index (χ1n) is 9.54. The summed E-state index contributed by atoms with van der Waals surface area (Å²) in [5.74, 6) is -2.52. The normalized spacial score (nSPS) is 28.8. The molecule has 29 heavy (non-hydrogen) atoms. The van der Waals surface area contributed by atoms with Crippen LogP contribution in [0.4, 0.5) is 4.79 Å². The second-order valence-electron chi connectivity index (χ2n) is 8.17. The van der Waals surface area contributed by atoms with Crippen molar-refractivity contribution in [1.29, 1.82) is 0 Å². The van der Waals surface area contributed by atoms with Gasteiger partial charge in [0.05, 0.1) is 11.1 Å². The summed E-state index contributed by atoms with van der Waals surface area (Å²) in [6.07, 6.45) is 1.98. The average Bonchev–Trinajstić information content (AvgIpc) is 3.01. The highest BCUT2D eigenvalue weighted by Crippen LogP contribution is 2.39. The molecule has 0 bridgehead atoms. The van der Waals surface area contributed by atoms with Gasteiger partial charge < -0.3 is 10.2 Å². The molecule has 1 spiro atoms. The Morgan fingerprint density at radius 1 is 1.07 bits per heavy atom. The minimum atomic E-state index is -1.04. The Labute approximate surface area is 166 Å². The van der Waals surface area contributed by atoms with Gasteiger partial charge in [-0.3, -0.25) is 19.3 Å². The molecule has 1 N–H and O–H groups in total. The zero-order valence-electron chi connectivity index (χ0n) is 16.1. The van der Waals surface area contributed by atoms with Crippen LogP contribution >= 0.6 is 0 Å². The Morgan fingerprint density at radius 3 is 2.17 bits per heavy atom. The fraction of sp³-hybridized carbons (Fsp3) is 0.450. The maximum Gasteiger partial charge on any atom is 0.353 e. The van der Waals surface area contributed by atoms with E-state index in [2.05, 4.69) is 5.32 Å². The first-order chi connectivity index (χ1) is 13.7. The molecule has 9 nitrogen and oxygen atoms in total. The van der Waals surface area contributed by atoms with Gasteiger partial charge in [-0.05, 0) is 43.2 Å². The first-order valence-corrected chi connectivity index (χ1v) is 9.54. The molecular weight excluding hydrogens is 378 g/mol. The number of carbonyl (C=O) groups excluding carboxylic acids is 5. The highest BCUT2D eigenvalue weighted by atomic mass is 16.7. The molecule has 5 amide bonds. The summed E-state index contributed by atoms with van der Waals surface area (Å²) < 4.78 is 0. The third-order valence-corrected chi connectivity index (χ3v) is 5.68. The van der Waals surface area contributed by atoms with Crippen LogP contribution in [-0.4, -0.2) is 51.8 Å². The van der Waals surface area contributed by atoms with Crippen LogP contribution in [0.15, 0.2) is 24.3 Å². The summed E-state index contributed by atoms with van der Waals surface area (Å²) >= 11 is 0. The summed E-state index contributed by atoms with van der Waals surface area (Å²) in [7, 11) is 0. The molecule has 0 radical (unpaired) electrons. The topological polar surface area (TPSA) is 113 Å². The molecule has 1 aliphatic carbocycles. The van der Waals surface area contributed by atoms with Crippen molar-refractivity contribution in [1.82, 2.24) is 15.3 Å². The Balaban J connectivity index is 1.45. The Morgan fingerprint density at radius 2 is 1.62 bits per heavy atom. The largest absolute Gasteiger partial charge is 0.353 e. The van der Waals surface area contributed by atoms with E-state index in [1.54, 1.807) is 12.1 Å². The number of fused-ring (bicyclic) bond motifs is 1. The Kier molecular flexibility index (Phi) is 4.40. The number of imide groups is 2.